The molecule has 0 aliphatic rings. The highest BCUT2D eigenvalue weighted by Gasteiger charge is 2.15. The lowest BCUT2D eigenvalue weighted by Gasteiger charge is -2.17. The number of hydrogen-bond donors (Lipinski definition) is 1. The van der Waals surface area contributed by atoms with E-state index < -0.39 is 0 Å². The molecular weight excluding hydrogens is 289 g/mol. The van der Waals surface area contributed by atoms with E-state index in [-0.39, 0.29) is 17.8 Å². The van der Waals surface area contributed by atoms with Crippen LogP contribution in [0, 0.1) is 12.7 Å². The number of rotatable bonds is 3. The summed E-state index contributed by atoms with van der Waals surface area (Å²) in [5, 5.41) is 5.27. The van der Waals surface area contributed by atoms with Gasteiger partial charge in [0.15, 0.2) is 0 Å². The fourth-order valence-corrected chi connectivity index (χ4v) is 2.86. The number of benzene rings is 3. The molecule has 1 N–H and O–H groups in total. The summed E-state index contributed by atoms with van der Waals surface area (Å²) in [6, 6.07) is 18.2. The number of hydrogen-bond acceptors (Lipinski definition) is 1. The third-order valence-corrected chi connectivity index (χ3v) is 4.07. The molecule has 3 heteroatoms. The van der Waals surface area contributed by atoms with Crippen molar-refractivity contribution in [1.82, 2.24) is 5.32 Å². The molecule has 0 aromatic heterocycles. The van der Waals surface area contributed by atoms with Crippen molar-refractivity contribution >= 4 is 16.7 Å². The molecule has 3 rings (SSSR count). The van der Waals surface area contributed by atoms with Crippen LogP contribution < -0.4 is 5.32 Å². The Morgan fingerprint density at radius 1 is 1.04 bits per heavy atom. The third-order valence-electron chi connectivity index (χ3n) is 4.07. The minimum Gasteiger partial charge on any atom is -0.345 e. The Bertz CT molecular complexity index is 867. The summed E-state index contributed by atoms with van der Waals surface area (Å²) in [5.74, 6) is -0.524. The number of nitrogens with one attached hydrogen (secondary N) is 1. The van der Waals surface area contributed by atoms with Crippen LogP contribution in [0.25, 0.3) is 10.8 Å². The Hall–Kier alpha value is -2.68. The first-order valence-electron chi connectivity index (χ1n) is 7.61. The standard InChI is InChI=1S/C20H18FNO/c1-13-12-16(21)10-11-17(13)20(23)22-14(2)18-9-5-7-15-6-3-4-8-19(15)18/h3-12,14H,1-2H3,(H,22,23)/t14-/m1/s1. The summed E-state index contributed by atoms with van der Waals surface area (Å²) in [6.07, 6.45) is 0. The van der Waals surface area contributed by atoms with Gasteiger partial charge in [-0.05, 0) is 53.9 Å². The van der Waals surface area contributed by atoms with E-state index in [4.69, 9.17) is 0 Å². The number of carbonyl (C=O) groups is 1. The third kappa shape index (κ3) is 3.09. The highest BCUT2D eigenvalue weighted by Crippen LogP contribution is 2.24. The second-order valence-corrected chi connectivity index (χ2v) is 5.72. The van der Waals surface area contributed by atoms with Crippen LogP contribution in [0.3, 0.4) is 0 Å². The number of aryl methyl sites for hydroxylation is 1. The van der Waals surface area contributed by atoms with Gasteiger partial charge in [-0.15, -0.1) is 0 Å². The summed E-state index contributed by atoms with van der Waals surface area (Å²) in [6.45, 7) is 3.69. The van der Waals surface area contributed by atoms with Gasteiger partial charge < -0.3 is 5.32 Å². The first-order chi connectivity index (χ1) is 11.1. The smallest absolute Gasteiger partial charge is 0.252 e. The molecule has 0 fully saturated rings. The molecule has 23 heavy (non-hydrogen) atoms. The molecule has 0 aliphatic carbocycles. The predicted molar refractivity (Wildman–Crippen MR) is 91.0 cm³/mol. The second-order valence-electron chi connectivity index (χ2n) is 5.72. The first-order valence-corrected chi connectivity index (χ1v) is 7.61. The summed E-state index contributed by atoms with van der Waals surface area (Å²) >= 11 is 0. The number of fused-ring (bicyclic) bond motifs is 1. The lowest BCUT2D eigenvalue weighted by molar-refractivity contribution is 0.0939. The van der Waals surface area contributed by atoms with Crippen LogP contribution in [0.2, 0.25) is 0 Å². The molecule has 0 bridgehead atoms. The summed E-state index contributed by atoms with van der Waals surface area (Å²) in [4.78, 5) is 12.5. The second kappa shape index (κ2) is 6.21. The van der Waals surface area contributed by atoms with Crippen LogP contribution in [0.1, 0.15) is 34.5 Å². The minimum absolute atomic E-state index is 0.141. The van der Waals surface area contributed by atoms with Gasteiger partial charge in [0.1, 0.15) is 5.82 Å². The maximum Gasteiger partial charge on any atom is 0.252 e. The minimum atomic E-state index is -0.332. The molecule has 116 valence electrons. The van der Waals surface area contributed by atoms with E-state index in [1.807, 2.05) is 31.2 Å². The largest absolute Gasteiger partial charge is 0.345 e. The van der Waals surface area contributed by atoms with Crippen molar-refractivity contribution in [2.24, 2.45) is 0 Å². The Labute approximate surface area is 135 Å². The van der Waals surface area contributed by atoms with Gasteiger partial charge in [0.05, 0.1) is 6.04 Å². The molecule has 0 aliphatic heterocycles. The predicted octanol–water partition coefficient (Wildman–Crippen LogP) is 4.78. The van der Waals surface area contributed by atoms with Crippen molar-refractivity contribution in [3.63, 3.8) is 0 Å². The first kappa shape index (κ1) is 15.2. The molecule has 2 nitrogen and oxygen atoms in total. The maximum absolute atomic E-state index is 13.2. The van der Waals surface area contributed by atoms with Crippen LogP contribution >= 0.6 is 0 Å². The maximum atomic E-state index is 13.2. The van der Waals surface area contributed by atoms with E-state index in [2.05, 4.69) is 23.5 Å². The van der Waals surface area contributed by atoms with Crippen molar-refractivity contribution < 1.29 is 9.18 Å². The molecule has 0 saturated heterocycles. The Balaban J connectivity index is 1.88. The van der Waals surface area contributed by atoms with Crippen molar-refractivity contribution in [3.05, 3.63) is 83.2 Å². The molecular formula is C20H18FNO. The van der Waals surface area contributed by atoms with Gasteiger partial charge in [0, 0.05) is 5.56 Å². The topological polar surface area (TPSA) is 29.1 Å². The molecule has 3 aromatic carbocycles. The van der Waals surface area contributed by atoms with Crippen LogP contribution in [0.5, 0.6) is 0 Å². The van der Waals surface area contributed by atoms with Gasteiger partial charge in [-0.2, -0.15) is 0 Å². The lowest BCUT2D eigenvalue weighted by Crippen LogP contribution is -2.27. The van der Waals surface area contributed by atoms with Crippen molar-refractivity contribution in [1.29, 1.82) is 0 Å². The quantitative estimate of drug-likeness (QED) is 0.741. The van der Waals surface area contributed by atoms with Crippen LogP contribution in [-0.2, 0) is 0 Å². The van der Waals surface area contributed by atoms with E-state index >= 15 is 0 Å². The fraction of sp³-hybridized carbons (Fsp3) is 0.150. The zero-order valence-corrected chi connectivity index (χ0v) is 13.1. The van der Waals surface area contributed by atoms with E-state index in [0.717, 1.165) is 16.3 Å². The monoisotopic (exact) mass is 307 g/mol. The Morgan fingerprint density at radius 2 is 1.78 bits per heavy atom. The van der Waals surface area contributed by atoms with Crippen molar-refractivity contribution in [2.75, 3.05) is 0 Å². The van der Waals surface area contributed by atoms with Gasteiger partial charge >= 0.3 is 0 Å². The van der Waals surface area contributed by atoms with Gasteiger partial charge in [-0.3, -0.25) is 4.79 Å². The molecule has 0 saturated carbocycles. The summed E-state index contributed by atoms with van der Waals surface area (Å²) < 4.78 is 13.2. The highest BCUT2D eigenvalue weighted by molar-refractivity contribution is 5.96. The Morgan fingerprint density at radius 3 is 2.57 bits per heavy atom. The average molecular weight is 307 g/mol. The van der Waals surface area contributed by atoms with Gasteiger partial charge in [0.25, 0.3) is 5.91 Å². The fourth-order valence-electron chi connectivity index (χ4n) is 2.86. The normalized spacial score (nSPS) is 12.1. The van der Waals surface area contributed by atoms with Crippen LogP contribution in [-0.4, -0.2) is 5.91 Å². The zero-order chi connectivity index (χ0) is 16.4. The van der Waals surface area contributed by atoms with Crippen molar-refractivity contribution in [2.45, 2.75) is 19.9 Å². The van der Waals surface area contributed by atoms with E-state index in [1.54, 1.807) is 6.92 Å². The van der Waals surface area contributed by atoms with Gasteiger partial charge in [-0.25, -0.2) is 4.39 Å². The summed E-state index contributed by atoms with van der Waals surface area (Å²) in [7, 11) is 0. The molecule has 0 unspecified atom stereocenters. The molecule has 3 aromatic rings. The lowest BCUT2D eigenvalue weighted by atomic mass is 9.99. The SMILES string of the molecule is Cc1cc(F)ccc1C(=O)N[C@H](C)c1cccc2ccccc12. The van der Waals surface area contributed by atoms with Gasteiger partial charge in [0.2, 0.25) is 0 Å². The number of amides is 1. The Kier molecular flexibility index (Phi) is 4.11. The molecule has 0 spiro atoms. The highest BCUT2D eigenvalue weighted by atomic mass is 19.1. The molecule has 1 amide bonds. The zero-order valence-electron chi connectivity index (χ0n) is 13.1. The van der Waals surface area contributed by atoms with Crippen LogP contribution in [0.4, 0.5) is 4.39 Å². The van der Waals surface area contributed by atoms with Crippen LogP contribution in [0.15, 0.2) is 60.7 Å². The summed E-state index contributed by atoms with van der Waals surface area (Å²) in [5.41, 5.74) is 2.20. The van der Waals surface area contributed by atoms with E-state index in [0.29, 0.717) is 11.1 Å². The molecule has 1 atom stereocenters. The average Bonchev–Trinajstić information content (AvgIpc) is 2.54. The molecule has 0 heterocycles. The van der Waals surface area contributed by atoms with Crippen molar-refractivity contribution in [3.8, 4) is 0 Å². The number of halogens is 1. The van der Waals surface area contributed by atoms with E-state index in [1.165, 1.54) is 18.2 Å². The number of carbonyl (C=O) groups excluding carboxylic acids is 1. The molecule has 0 radical (unpaired) electrons. The van der Waals surface area contributed by atoms with Gasteiger partial charge in [-0.1, -0.05) is 42.5 Å². The van der Waals surface area contributed by atoms with E-state index in [9.17, 15) is 9.18 Å².